The molecule has 0 aliphatic rings. The maximum atomic E-state index is 13.1. The van der Waals surface area contributed by atoms with Crippen LogP contribution >= 0.6 is 0 Å². The number of H-pyrrole nitrogens is 1. The number of carbonyl (C=O) groups is 1. The summed E-state index contributed by atoms with van der Waals surface area (Å²) in [5.41, 5.74) is -0.144. The van der Waals surface area contributed by atoms with Gasteiger partial charge in [-0.1, -0.05) is 6.07 Å². The van der Waals surface area contributed by atoms with E-state index in [4.69, 9.17) is 0 Å². The van der Waals surface area contributed by atoms with Gasteiger partial charge in [0.25, 0.3) is 11.5 Å². The van der Waals surface area contributed by atoms with Crippen LogP contribution in [-0.4, -0.2) is 10.9 Å². The number of nitrogens with one attached hydrogen (secondary N) is 2. The standard InChI is InChI=1S/C14H12F2N2O2/c1-8(9-4-5-11(15)12(16)7-9)18-14(20)10-3-2-6-17-13(10)19/h2-8H,1H3,(H,17,19)(H,18,20)/t8-/m0/s1. The summed E-state index contributed by atoms with van der Waals surface area (Å²) in [7, 11) is 0. The van der Waals surface area contributed by atoms with Crippen molar-refractivity contribution in [3.05, 3.63) is 69.6 Å². The van der Waals surface area contributed by atoms with Crippen LogP contribution in [0.3, 0.4) is 0 Å². The zero-order valence-corrected chi connectivity index (χ0v) is 10.6. The minimum absolute atomic E-state index is 0.0399. The number of amides is 1. The normalized spacial score (nSPS) is 11.9. The minimum atomic E-state index is -0.985. The monoisotopic (exact) mass is 278 g/mol. The number of hydrogen-bond acceptors (Lipinski definition) is 2. The highest BCUT2D eigenvalue weighted by molar-refractivity contribution is 5.93. The van der Waals surface area contributed by atoms with Crippen molar-refractivity contribution >= 4 is 5.91 Å². The smallest absolute Gasteiger partial charge is 0.260 e. The summed E-state index contributed by atoms with van der Waals surface area (Å²) >= 11 is 0. The van der Waals surface area contributed by atoms with Crippen LogP contribution in [0, 0.1) is 11.6 Å². The summed E-state index contributed by atoms with van der Waals surface area (Å²) in [6.45, 7) is 1.61. The SMILES string of the molecule is C[C@H](NC(=O)c1ccc[nH]c1=O)c1ccc(F)c(F)c1. The van der Waals surface area contributed by atoms with Crippen molar-refractivity contribution in [3.8, 4) is 0 Å². The van der Waals surface area contributed by atoms with Gasteiger partial charge >= 0.3 is 0 Å². The van der Waals surface area contributed by atoms with Gasteiger partial charge in [-0.05, 0) is 36.8 Å². The molecule has 0 unspecified atom stereocenters. The van der Waals surface area contributed by atoms with Gasteiger partial charge in [-0.2, -0.15) is 0 Å². The van der Waals surface area contributed by atoms with Gasteiger partial charge in [-0.25, -0.2) is 8.78 Å². The summed E-state index contributed by atoms with van der Waals surface area (Å²) in [6, 6.07) is 5.72. The number of halogens is 2. The number of hydrogen-bond donors (Lipinski definition) is 2. The lowest BCUT2D eigenvalue weighted by Gasteiger charge is -2.14. The lowest BCUT2D eigenvalue weighted by Crippen LogP contribution is -2.31. The van der Waals surface area contributed by atoms with Gasteiger partial charge in [0.05, 0.1) is 6.04 Å². The van der Waals surface area contributed by atoms with Crippen molar-refractivity contribution in [1.82, 2.24) is 10.3 Å². The third-order valence-electron chi connectivity index (χ3n) is 2.85. The van der Waals surface area contributed by atoms with Crippen LogP contribution in [0.2, 0.25) is 0 Å². The summed E-state index contributed by atoms with van der Waals surface area (Å²) in [5.74, 6) is -2.52. The number of aromatic nitrogens is 1. The summed E-state index contributed by atoms with van der Waals surface area (Å²) in [4.78, 5) is 25.7. The first kappa shape index (κ1) is 13.9. The van der Waals surface area contributed by atoms with Crippen molar-refractivity contribution in [2.75, 3.05) is 0 Å². The number of carbonyl (C=O) groups excluding carboxylic acids is 1. The predicted molar refractivity (Wildman–Crippen MR) is 69.3 cm³/mol. The van der Waals surface area contributed by atoms with Gasteiger partial charge in [0.15, 0.2) is 11.6 Å². The number of benzene rings is 1. The molecule has 1 amide bonds. The maximum Gasteiger partial charge on any atom is 0.260 e. The van der Waals surface area contributed by atoms with E-state index in [1.807, 2.05) is 0 Å². The molecule has 0 aliphatic heterocycles. The molecule has 0 saturated carbocycles. The van der Waals surface area contributed by atoms with Gasteiger partial charge in [-0.3, -0.25) is 9.59 Å². The molecular weight excluding hydrogens is 266 g/mol. The largest absolute Gasteiger partial charge is 0.345 e. The molecule has 20 heavy (non-hydrogen) atoms. The molecule has 1 atom stereocenters. The van der Waals surface area contributed by atoms with E-state index in [-0.39, 0.29) is 5.56 Å². The second-order valence-corrected chi connectivity index (χ2v) is 4.28. The molecule has 104 valence electrons. The van der Waals surface area contributed by atoms with Crippen molar-refractivity contribution in [3.63, 3.8) is 0 Å². The maximum absolute atomic E-state index is 13.1. The Morgan fingerprint density at radius 3 is 2.65 bits per heavy atom. The molecule has 0 spiro atoms. The second kappa shape index (κ2) is 5.64. The Bertz CT molecular complexity index is 698. The molecule has 2 rings (SSSR count). The molecule has 1 heterocycles. The Balaban J connectivity index is 2.17. The predicted octanol–water partition coefficient (Wildman–Crippen LogP) is 2.14. The second-order valence-electron chi connectivity index (χ2n) is 4.28. The highest BCUT2D eigenvalue weighted by Gasteiger charge is 2.15. The highest BCUT2D eigenvalue weighted by atomic mass is 19.2. The Labute approximate surface area is 113 Å². The fourth-order valence-corrected chi connectivity index (χ4v) is 1.74. The van der Waals surface area contributed by atoms with Crippen LogP contribution in [0.1, 0.15) is 28.9 Å². The molecule has 0 aliphatic carbocycles. The molecule has 0 fully saturated rings. The third-order valence-corrected chi connectivity index (χ3v) is 2.85. The molecule has 2 N–H and O–H groups in total. The molecule has 2 aromatic rings. The van der Waals surface area contributed by atoms with E-state index in [2.05, 4.69) is 10.3 Å². The van der Waals surface area contributed by atoms with E-state index >= 15 is 0 Å². The Kier molecular flexibility index (Phi) is 3.93. The van der Waals surface area contributed by atoms with Gasteiger partial charge in [0.1, 0.15) is 5.56 Å². The van der Waals surface area contributed by atoms with E-state index in [1.165, 1.54) is 24.4 Å². The van der Waals surface area contributed by atoms with Crippen molar-refractivity contribution < 1.29 is 13.6 Å². The third kappa shape index (κ3) is 2.90. The number of rotatable bonds is 3. The zero-order chi connectivity index (χ0) is 14.7. The van der Waals surface area contributed by atoms with Gasteiger partial charge in [0.2, 0.25) is 0 Å². The fraction of sp³-hybridized carbons (Fsp3) is 0.143. The van der Waals surface area contributed by atoms with Crippen LogP contribution in [-0.2, 0) is 0 Å². The molecule has 1 aromatic heterocycles. The van der Waals surface area contributed by atoms with Crippen LogP contribution in [0.5, 0.6) is 0 Å². The number of aromatic amines is 1. The van der Waals surface area contributed by atoms with E-state index in [9.17, 15) is 18.4 Å². The van der Waals surface area contributed by atoms with Gasteiger partial charge in [0, 0.05) is 6.20 Å². The summed E-state index contributed by atoms with van der Waals surface area (Å²) < 4.78 is 26.0. The lowest BCUT2D eigenvalue weighted by atomic mass is 10.1. The molecule has 4 nitrogen and oxygen atoms in total. The van der Waals surface area contributed by atoms with Gasteiger partial charge < -0.3 is 10.3 Å². The van der Waals surface area contributed by atoms with E-state index < -0.39 is 29.1 Å². The molecule has 6 heteroatoms. The van der Waals surface area contributed by atoms with E-state index in [0.717, 1.165) is 12.1 Å². The summed E-state index contributed by atoms with van der Waals surface area (Å²) in [5, 5.41) is 2.55. The molecule has 0 radical (unpaired) electrons. The average Bonchev–Trinajstić information content (AvgIpc) is 2.42. The lowest BCUT2D eigenvalue weighted by molar-refractivity contribution is 0.0938. The topological polar surface area (TPSA) is 62.0 Å². The van der Waals surface area contributed by atoms with Crippen LogP contribution in [0.15, 0.2) is 41.3 Å². The Hall–Kier alpha value is -2.50. The van der Waals surface area contributed by atoms with E-state index in [0.29, 0.717) is 5.56 Å². The zero-order valence-electron chi connectivity index (χ0n) is 10.6. The van der Waals surface area contributed by atoms with Crippen LogP contribution < -0.4 is 10.9 Å². The van der Waals surface area contributed by atoms with Crippen LogP contribution in [0.4, 0.5) is 8.78 Å². The van der Waals surface area contributed by atoms with Crippen molar-refractivity contribution in [2.45, 2.75) is 13.0 Å². The highest BCUT2D eigenvalue weighted by Crippen LogP contribution is 2.16. The molecule has 0 bridgehead atoms. The Morgan fingerprint density at radius 2 is 2.00 bits per heavy atom. The van der Waals surface area contributed by atoms with Crippen molar-refractivity contribution in [1.29, 1.82) is 0 Å². The average molecular weight is 278 g/mol. The quantitative estimate of drug-likeness (QED) is 0.903. The first-order chi connectivity index (χ1) is 9.49. The first-order valence-corrected chi connectivity index (χ1v) is 5.92. The molecule has 0 saturated heterocycles. The number of pyridine rings is 1. The summed E-state index contributed by atoms with van der Waals surface area (Å²) in [6.07, 6.45) is 1.41. The molecular formula is C14H12F2N2O2. The van der Waals surface area contributed by atoms with Crippen molar-refractivity contribution in [2.24, 2.45) is 0 Å². The molecule has 1 aromatic carbocycles. The van der Waals surface area contributed by atoms with Crippen LogP contribution in [0.25, 0.3) is 0 Å². The van der Waals surface area contributed by atoms with E-state index in [1.54, 1.807) is 6.92 Å². The fourth-order valence-electron chi connectivity index (χ4n) is 1.74. The minimum Gasteiger partial charge on any atom is -0.345 e. The first-order valence-electron chi connectivity index (χ1n) is 5.92. The Morgan fingerprint density at radius 1 is 1.25 bits per heavy atom. The van der Waals surface area contributed by atoms with Gasteiger partial charge in [-0.15, -0.1) is 0 Å².